The molecule has 6 nitrogen and oxygen atoms in total. The van der Waals surface area contributed by atoms with Gasteiger partial charge in [0.25, 0.3) is 10.1 Å². The number of carbonyl (C=O) groups is 1. The summed E-state index contributed by atoms with van der Waals surface area (Å²) in [6, 6.07) is -1.08. The first kappa shape index (κ1) is 51.3. The van der Waals surface area contributed by atoms with E-state index in [2.05, 4.69) is 55.6 Å². The minimum Gasteiger partial charge on any atom is -0.387 e. The number of unbranched alkanes of at least 4 members (excludes halogenated alkanes) is 26. The number of allylic oxidation sites excluding steroid dienone is 7. The second-order valence-corrected chi connectivity index (χ2v) is 16.8. The maximum Gasteiger partial charge on any atom is 0.267 e. The highest BCUT2D eigenvalue weighted by atomic mass is 32.2. The molecular weight excluding hydrogens is 679 g/mol. The smallest absolute Gasteiger partial charge is 0.267 e. The number of hydrogen-bond donors (Lipinski definition) is 3. The molecule has 0 radical (unpaired) electrons. The molecule has 0 aromatic heterocycles. The van der Waals surface area contributed by atoms with Gasteiger partial charge in [-0.2, -0.15) is 8.42 Å². The molecule has 0 saturated heterocycles. The van der Waals surface area contributed by atoms with E-state index < -0.39 is 28.0 Å². The second kappa shape index (κ2) is 40.0. The third-order valence-electron chi connectivity index (χ3n) is 9.96. The number of aliphatic hydroxyl groups excluding tert-OH is 1. The number of nitrogens with one attached hydrogen (secondary N) is 1. The first-order valence-corrected chi connectivity index (χ1v) is 23.9. The number of hydrogen-bond acceptors (Lipinski definition) is 4. The van der Waals surface area contributed by atoms with Crippen molar-refractivity contribution in [3.63, 3.8) is 0 Å². The molecule has 0 aliphatic heterocycles. The molecule has 0 aromatic rings. The summed E-state index contributed by atoms with van der Waals surface area (Å²) >= 11 is 0. The predicted octanol–water partition coefficient (Wildman–Crippen LogP) is 13.5. The van der Waals surface area contributed by atoms with Gasteiger partial charge in [0.1, 0.15) is 0 Å². The van der Waals surface area contributed by atoms with Gasteiger partial charge in [-0.25, -0.2) is 0 Å². The summed E-state index contributed by atoms with van der Waals surface area (Å²) in [5, 5.41) is 13.2. The van der Waals surface area contributed by atoms with E-state index in [1.807, 2.05) is 0 Å². The van der Waals surface area contributed by atoms with E-state index in [4.69, 9.17) is 0 Å². The van der Waals surface area contributed by atoms with Gasteiger partial charge >= 0.3 is 0 Å². The number of rotatable bonds is 40. The predicted molar refractivity (Wildman–Crippen MR) is 230 cm³/mol. The molecule has 2 atom stereocenters. The van der Waals surface area contributed by atoms with Gasteiger partial charge < -0.3 is 10.4 Å². The van der Waals surface area contributed by atoms with Gasteiger partial charge in [-0.05, 0) is 70.6 Å². The fourth-order valence-electron chi connectivity index (χ4n) is 6.59. The molecule has 310 valence electrons. The Bertz CT molecular complexity index is 1020. The van der Waals surface area contributed by atoms with Crippen LogP contribution in [0, 0.1) is 0 Å². The minimum absolute atomic E-state index is 0.279. The molecule has 0 heterocycles. The third-order valence-corrected chi connectivity index (χ3v) is 10.7. The zero-order valence-corrected chi connectivity index (χ0v) is 35.5. The van der Waals surface area contributed by atoms with Crippen molar-refractivity contribution in [1.29, 1.82) is 0 Å². The summed E-state index contributed by atoms with van der Waals surface area (Å²) in [5.41, 5.74) is 0. The Hall–Kier alpha value is -1.70. The summed E-state index contributed by atoms with van der Waals surface area (Å²) in [6.45, 7) is 4.53. The van der Waals surface area contributed by atoms with Crippen molar-refractivity contribution in [3.05, 3.63) is 48.6 Å². The maximum absolute atomic E-state index is 12.5. The van der Waals surface area contributed by atoms with Crippen LogP contribution in [0.3, 0.4) is 0 Å². The molecule has 0 fully saturated rings. The lowest BCUT2D eigenvalue weighted by Crippen LogP contribution is -2.46. The summed E-state index contributed by atoms with van der Waals surface area (Å²) in [5.74, 6) is -1.01. The van der Waals surface area contributed by atoms with Crippen molar-refractivity contribution in [2.45, 2.75) is 231 Å². The lowest BCUT2D eigenvalue weighted by molar-refractivity contribution is -0.122. The summed E-state index contributed by atoms with van der Waals surface area (Å²) in [6.07, 6.45) is 53.9. The van der Waals surface area contributed by atoms with Crippen LogP contribution in [-0.4, -0.2) is 41.9 Å². The van der Waals surface area contributed by atoms with Gasteiger partial charge in [0, 0.05) is 6.42 Å². The molecule has 3 N–H and O–H groups in total. The normalized spacial score (nSPS) is 13.7. The van der Waals surface area contributed by atoms with E-state index in [1.165, 1.54) is 147 Å². The first-order chi connectivity index (χ1) is 25.8. The highest BCUT2D eigenvalue weighted by molar-refractivity contribution is 7.85. The van der Waals surface area contributed by atoms with E-state index in [1.54, 1.807) is 6.08 Å². The molecule has 53 heavy (non-hydrogen) atoms. The van der Waals surface area contributed by atoms with Gasteiger partial charge in [-0.15, -0.1) is 0 Å². The van der Waals surface area contributed by atoms with E-state index in [0.717, 1.165) is 51.4 Å². The fourth-order valence-corrected chi connectivity index (χ4v) is 7.33. The average Bonchev–Trinajstić information content (AvgIpc) is 3.12. The van der Waals surface area contributed by atoms with Gasteiger partial charge in [0.05, 0.1) is 17.9 Å². The van der Waals surface area contributed by atoms with Crippen LogP contribution in [-0.2, 0) is 14.9 Å². The Kier molecular flexibility index (Phi) is 38.7. The minimum atomic E-state index is -4.36. The Morgan fingerprint density at radius 3 is 1.19 bits per heavy atom. The summed E-state index contributed by atoms with van der Waals surface area (Å²) in [7, 11) is -4.36. The van der Waals surface area contributed by atoms with Gasteiger partial charge in [-0.3, -0.25) is 9.35 Å². The molecule has 2 unspecified atom stereocenters. The highest BCUT2D eigenvalue weighted by Crippen LogP contribution is 2.14. The van der Waals surface area contributed by atoms with Crippen LogP contribution in [0.25, 0.3) is 0 Å². The fraction of sp³-hybridized carbons (Fsp3) is 0.804. The second-order valence-electron chi connectivity index (χ2n) is 15.3. The van der Waals surface area contributed by atoms with Crippen molar-refractivity contribution < 1.29 is 22.9 Å². The van der Waals surface area contributed by atoms with Gasteiger partial charge in [-0.1, -0.05) is 191 Å². The van der Waals surface area contributed by atoms with E-state index in [0.29, 0.717) is 6.42 Å². The quantitative estimate of drug-likeness (QED) is 0.0327. The largest absolute Gasteiger partial charge is 0.387 e. The molecule has 0 spiro atoms. The zero-order valence-electron chi connectivity index (χ0n) is 34.6. The Balaban J connectivity index is 3.96. The van der Waals surface area contributed by atoms with E-state index in [-0.39, 0.29) is 12.3 Å². The monoisotopic (exact) mass is 764 g/mol. The van der Waals surface area contributed by atoms with Crippen molar-refractivity contribution in [2.24, 2.45) is 0 Å². The van der Waals surface area contributed by atoms with Crippen LogP contribution in [0.4, 0.5) is 0 Å². The zero-order chi connectivity index (χ0) is 38.9. The average molecular weight is 764 g/mol. The van der Waals surface area contributed by atoms with Crippen LogP contribution >= 0.6 is 0 Å². The van der Waals surface area contributed by atoms with Crippen LogP contribution in [0.15, 0.2) is 48.6 Å². The van der Waals surface area contributed by atoms with Gasteiger partial charge in [0.2, 0.25) is 5.91 Å². The maximum atomic E-state index is 12.5. The molecule has 7 heteroatoms. The van der Waals surface area contributed by atoms with Crippen molar-refractivity contribution in [3.8, 4) is 0 Å². The third kappa shape index (κ3) is 41.3. The van der Waals surface area contributed by atoms with Crippen LogP contribution in [0.1, 0.15) is 219 Å². The number of aliphatic hydroxyl groups is 1. The topological polar surface area (TPSA) is 104 Å². The Morgan fingerprint density at radius 2 is 0.811 bits per heavy atom. The highest BCUT2D eigenvalue weighted by Gasteiger charge is 2.24. The molecular formula is C46H85NO5S. The van der Waals surface area contributed by atoms with Crippen LogP contribution in [0.5, 0.6) is 0 Å². The Morgan fingerprint density at radius 1 is 0.491 bits per heavy atom. The van der Waals surface area contributed by atoms with Crippen LogP contribution < -0.4 is 5.32 Å². The van der Waals surface area contributed by atoms with Crippen molar-refractivity contribution in [2.75, 3.05) is 5.75 Å². The molecule has 0 aliphatic carbocycles. The SMILES string of the molecule is CCCCCCCCC/C=C\CCCCCCCCCC(=O)NC(CS(=O)(=O)O)C(O)/C=C/CC/C=C/CC/C=C/CCCCCCCCCCCC. The lowest BCUT2D eigenvalue weighted by atomic mass is 10.1. The van der Waals surface area contributed by atoms with Crippen molar-refractivity contribution >= 4 is 16.0 Å². The first-order valence-electron chi connectivity index (χ1n) is 22.3. The number of carbonyl (C=O) groups excluding carboxylic acids is 1. The van der Waals surface area contributed by atoms with E-state index >= 15 is 0 Å². The van der Waals surface area contributed by atoms with E-state index in [9.17, 15) is 22.9 Å². The van der Waals surface area contributed by atoms with Crippen LogP contribution in [0.2, 0.25) is 0 Å². The lowest BCUT2D eigenvalue weighted by Gasteiger charge is -2.21. The molecule has 0 aliphatic rings. The Labute approximate surface area is 329 Å². The van der Waals surface area contributed by atoms with Gasteiger partial charge in [0.15, 0.2) is 0 Å². The molecule has 0 aromatic carbocycles. The standard InChI is InChI=1S/C46H85NO5S/c1-3-5-7-9-11-13-15-17-19-21-23-24-25-27-29-31-33-35-37-39-41-45(48)44(43-53(50,51)52)47-46(49)42-40-38-36-34-32-30-28-26-22-20-18-16-14-12-10-8-6-4-2/h20,22,24-25,31,33,39,41,44-45,48H,3-19,21,23,26-30,32,34-38,40,42-43H2,1-2H3,(H,47,49)(H,50,51,52)/b22-20-,25-24+,33-31+,41-39+. The molecule has 0 saturated carbocycles. The number of amides is 1. The molecule has 0 bridgehead atoms. The molecule has 0 rings (SSSR count). The summed E-state index contributed by atoms with van der Waals surface area (Å²) in [4.78, 5) is 12.5. The molecule has 1 amide bonds. The van der Waals surface area contributed by atoms with Crippen molar-refractivity contribution in [1.82, 2.24) is 5.32 Å². The summed E-state index contributed by atoms with van der Waals surface area (Å²) < 4.78 is 32.5.